The highest BCUT2D eigenvalue weighted by Gasteiger charge is 2.15. The van der Waals surface area contributed by atoms with Crippen molar-refractivity contribution in [2.75, 3.05) is 0 Å². The zero-order valence-corrected chi connectivity index (χ0v) is 10.5. The van der Waals surface area contributed by atoms with E-state index in [0.29, 0.717) is 12.2 Å². The van der Waals surface area contributed by atoms with E-state index >= 15 is 0 Å². The number of benzene rings is 2. The van der Waals surface area contributed by atoms with Crippen LogP contribution in [0.25, 0.3) is 10.9 Å². The zero-order chi connectivity index (χ0) is 13.1. The summed E-state index contributed by atoms with van der Waals surface area (Å²) in [5, 5.41) is 10.4. The summed E-state index contributed by atoms with van der Waals surface area (Å²) in [5.41, 5.74) is 2.97. The summed E-state index contributed by atoms with van der Waals surface area (Å²) in [5.74, 6) is 0. The molecule has 2 nitrogen and oxygen atoms in total. The van der Waals surface area contributed by atoms with E-state index < -0.39 is 0 Å². The highest BCUT2D eigenvalue weighted by atomic mass is 15.0. The minimum absolute atomic E-state index is 0.683. The van der Waals surface area contributed by atoms with Gasteiger partial charge in [0.2, 0.25) is 5.52 Å². The molecule has 0 aliphatic heterocycles. The summed E-state index contributed by atoms with van der Waals surface area (Å²) in [7, 11) is 0. The van der Waals surface area contributed by atoms with Crippen molar-refractivity contribution in [3.8, 4) is 6.07 Å². The lowest BCUT2D eigenvalue weighted by atomic mass is 10.1. The lowest BCUT2D eigenvalue weighted by Gasteiger charge is -2.03. The Morgan fingerprint density at radius 2 is 1.58 bits per heavy atom. The van der Waals surface area contributed by atoms with Crippen LogP contribution in [0.5, 0.6) is 0 Å². The molecule has 0 saturated carbocycles. The Morgan fingerprint density at radius 3 is 2.37 bits per heavy atom. The Morgan fingerprint density at radius 1 is 0.842 bits per heavy atom. The van der Waals surface area contributed by atoms with Gasteiger partial charge in [-0.15, -0.1) is 0 Å². The van der Waals surface area contributed by atoms with Crippen molar-refractivity contribution in [3.05, 3.63) is 78.0 Å². The van der Waals surface area contributed by atoms with E-state index in [0.717, 1.165) is 10.9 Å². The van der Waals surface area contributed by atoms with Gasteiger partial charge in [0.1, 0.15) is 0 Å². The Hall–Kier alpha value is -2.66. The fraction of sp³-hybridized carbons (Fsp3) is 0.0588. The van der Waals surface area contributed by atoms with Crippen LogP contribution in [0, 0.1) is 11.3 Å². The third-order valence-corrected chi connectivity index (χ3v) is 3.24. The second kappa shape index (κ2) is 4.91. The summed E-state index contributed by atoms with van der Waals surface area (Å²) in [6, 6.07) is 24.5. The van der Waals surface area contributed by atoms with E-state index in [2.05, 4.69) is 34.9 Å². The monoisotopic (exact) mass is 245 g/mol. The molecule has 0 saturated heterocycles. The van der Waals surface area contributed by atoms with Crippen molar-refractivity contribution >= 4 is 10.9 Å². The number of nitrogens with zero attached hydrogens (tertiary/aromatic N) is 2. The van der Waals surface area contributed by atoms with Crippen LogP contribution < -0.4 is 4.57 Å². The molecular weight excluding hydrogens is 232 g/mol. The van der Waals surface area contributed by atoms with Crippen molar-refractivity contribution in [2.45, 2.75) is 6.54 Å². The predicted octanol–water partition coefficient (Wildman–Crippen LogP) is 3.05. The van der Waals surface area contributed by atoms with Gasteiger partial charge in [-0.25, -0.2) is 0 Å². The minimum atomic E-state index is 0.683. The second-order valence-electron chi connectivity index (χ2n) is 4.46. The quantitative estimate of drug-likeness (QED) is 0.638. The van der Waals surface area contributed by atoms with E-state index in [1.165, 1.54) is 5.56 Å². The van der Waals surface area contributed by atoms with Crippen LogP contribution in [0.2, 0.25) is 0 Å². The average Bonchev–Trinajstić information content (AvgIpc) is 2.49. The molecule has 0 atom stereocenters. The van der Waals surface area contributed by atoms with Crippen molar-refractivity contribution in [3.63, 3.8) is 0 Å². The average molecular weight is 245 g/mol. The molecule has 2 aromatic carbocycles. The molecule has 0 amide bonds. The van der Waals surface area contributed by atoms with Crippen molar-refractivity contribution in [1.29, 1.82) is 5.26 Å². The van der Waals surface area contributed by atoms with Crippen LogP contribution in [0.15, 0.2) is 66.7 Å². The first kappa shape index (κ1) is 11.4. The maximum atomic E-state index is 9.29. The Kier molecular flexibility index (Phi) is 2.96. The van der Waals surface area contributed by atoms with Crippen LogP contribution in [0.3, 0.4) is 0 Å². The van der Waals surface area contributed by atoms with Gasteiger partial charge in [0.15, 0.2) is 12.6 Å². The summed E-state index contributed by atoms with van der Waals surface area (Å²) in [6.45, 7) is 0.713. The summed E-state index contributed by atoms with van der Waals surface area (Å²) < 4.78 is 2.06. The van der Waals surface area contributed by atoms with Gasteiger partial charge < -0.3 is 0 Å². The molecule has 3 rings (SSSR count). The molecule has 0 fully saturated rings. The first-order valence-electron chi connectivity index (χ1n) is 6.24. The number of hydrogen-bond acceptors (Lipinski definition) is 1. The van der Waals surface area contributed by atoms with E-state index in [9.17, 15) is 5.26 Å². The highest BCUT2D eigenvalue weighted by Crippen LogP contribution is 2.11. The first-order chi connectivity index (χ1) is 9.38. The van der Waals surface area contributed by atoms with Gasteiger partial charge in [-0.1, -0.05) is 42.5 Å². The lowest BCUT2D eigenvalue weighted by Crippen LogP contribution is -2.38. The number of fused-ring (bicyclic) bond motifs is 1. The zero-order valence-electron chi connectivity index (χ0n) is 10.5. The molecule has 19 heavy (non-hydrogen) atoms. The highest BCUT2D eigenvalue weighted by molar-refractivity contribution is 5.75. The van der Waals surface area contributed by atoms with E-state index in [1.54, 1.807) is 0 Å². The molecule has 2 heteroatoms. The summed E-state index contributed by atoms with van der Waals surface area (Å²) in [6.07, 6.45) is 0. The predicted molar refractivity (Wildman–Crippen MR) is 74.4 cm³/mol. The third kappa shape index (κ3) is 2.19. The van der Waals surface area contributed by atoms with Crippen LogP contribution in [0.1, 0.15) is 11.3 Å². The topological polar surface area (TPSA) is 27.7 Å². The van der Waals surface area contributed by atoms with Gasteiger partial charge in [0, 0.05) is 23.1 Å². The molecule has 0 aliphatic carbocycles. The number of rotatable bonds is 2. The van der Waals surface area contributed by atoms with Gasteiger partial charge in [0.05, 0.1) is 0 Å². The van der Waals surface area contributed by atoms with Gasteiger partial charge >= 0.3 is 0 Å². The van der Waals surface area contributed by atoms with Crippen LogP contribution in [-0.2, 0) is 6.54 Å². The lowest BCUT2D eigenvalue weighted by molar-refractivity contribution is -0.664. The SMILES string of the molecule is N#Cc1ccc2ccccc2[n+]1Cc1ccccc1. The second-order valence-corrected chi connectivity index (χ2v) is 4.46. The van der Waals surface area contributed by atoms with Gasteiger partial charge in [-0.2, -0.15) is 9.83 Å². The van der Waals surface area contributed by atoms with Crippen LogP contribution >= 0.6 is 0 Å². The molecule has 0 unspecified atom stereocenters. The fourth-order valence-electron chi connectivity index (χ4n) is 2.30. The minimum Gasteiger partial charge on any atom is -0.186 e. The van der Waals surface area contributed by atoms with Gasteiger partial charge in [-0.3, -0.25) is 0 Å². The van der Waals surface area contributed by atoms with Crippen molar-refractivity contribution in [2.24, 2.45) is 0 Å². The molecule has 3 aromatic rings. The summed E-state index contributed by atoms with van der Waals surface area (Å²) in [4.78, 5) is 0. The Bertz CT molecular complexity index is 755. The van der Waals surface area contributed by atoms with E-state index in [-0.39, 0.29) is 0 Å². The number of hydrogen-bond donors (Lipinski definition) is 0. The fourth-order valence-corrected chi connectivity index (χ4v) is 2.30. The first-order valence-corrected chi connectivity index (χ1v) is 6.24. The van der Waals surface area contributed by atoms with E-state index in [4.69, 9.17) is 0 Å². The maximum Gasteiger partial charge on any atom is 0.284 e. The Balaban J connectivity index is 2.18. The Labute approximate surface area is 112 Å². The molecule has 0 bridgehead atoms. The number of nitriles is 1. The number of pyridine rings is 1. The number of para-hydroxylation sites is 1. The maximum absolute atomic E-state index is 9.29. The standard InChI is InChI=1S/C17H13N2/c18-12-16-11-10-15-8-4-5-9-17(15)19(16)13-14-6-2-1-3-7-14/h1-11H,13H2/q+1. The van der Waals surface area contributed by atoms with Gasteiger partial charge in [-0.05, 0) is 12.1 Å². The third-order valence-electron chi connectivity index (χ3n) is 3.24. The number of aromatic nitrogens is 1. The van der Waals surface area contributed by atoms with Crippen molar-refractivity contribution < 1.29 is 4.57 Å². The normalized spacial score (nSPS) is 10.3. The van der Waals surface area contributed by atoms with Crippen molar-refractivity contribution in [1.82, 2.24) is 0 Å². The van der Waals surface area contributed by atoms with Gasteiger partial charge in [0.25, 0.3) is 5.69 Å². The largest absolute Gasteiger partial charge is 0.284 e. The molecule has 1 heterocycles. The molecule has 90 valence electrons. The van der Waals surface area contributed by atoms with E-state index in [1.807, 2.05) is 42.5 Å². The summed E-state index contributed by atoms with van der Waals surface area (Å²) >= 11 is 0. The molecule has 0 N–H and O–H groups in total. The molecular formula is C17H13N2+. The molecule has 0 aliphatic rings. The smallest absolute Gasteiger partial charge is 0.186 e. The van der Waals surface area contributed by atoms with Crippen LogP contribution in [-0.4, -0.2) is 0 Å². The van der Waals surface area contributed by atoms with Crippen LogP contribution in [0.4, 0.5) is 0 Å². The molecule has 0 radical (unpaired) electrons. The molecule has 0 spiro atoms. The molecule has 1 aromatic heterocycles.